The van der Waals surface area contributed by atoms with Crippen LogP contribution in [0, 0.1) is 0 Å². The first-order valence-corrected chi connectivity index (χ1v) is 5.46. The summed E-state index contributed by atoms with van der Waals surface area (Å²) in [5.41, 5.74) is 7.76. The van der Waals surface area contributed by atoms with Crippen molar-refractivity contribution < 1.29 is 14.3 Å². The molecule has 1 aromatic rings. The van der Waals surface area contributed by atoms with Gasteiger partial charge in [-0.2, -0.15) is 0 Å². The third kappa shape index (κ3) is 2.06. The molecule has 0 fully saturated rings. The standard InChI is InChI=1S/C12H16N2O3/c1-16-8-3-4-11-9(7-8)10(13)5-6-14(11)12(15)17-2/h3-4,7,10H,5-6,13H2,1-2H3. The molecule has 0 saturated carbocycles. The zero-order chi connectivity index (χ0) is 12.4. The van der Waals surface area contributed by atoms with E-state index in [1.54, 1.807) is 12.0 Å². The van der Waals surface area contributed by atoms with Crippen molar-refractivity contribution in [2.75, 3.05) is 25.7 Å². The average molecular weight is 236 g/mol. The Balaban J connectivity index is 2.42. The summed E-state index contributed by atoms with van der Waals surface area (Å²) in [6, 6.07) is 5.45. The van der Waals surface area contributed by atoms with Gasteiger partial charge < -0.3 is 15.2 Å². The van der Waals surface area contributed by atoms with Crippen LogP contribution in [-0.2, 0) is 4.74 Å². The summed E-state index contributed by atoms with van der Waals surface area (Å²) in [4.78, 5) is 13.2. The van der Waals surface area contributed by atoms with Crippen LogP contribution in [0.1, 0.15) is 18.0 Å². The number of fused-ring (bicyclic) bond motifs is 1. The molecule has 0 spiro atoms. The van der Waals surface area contributed by atoms with Crippen molar-refractivity contribution >= 4 is 11.8 Å². The van der Waals surface area contributed by atoms with Crippen LogP contribution in [-0.4, -0.2) is 26.9 Å². The second-order valence-electron chi connectivity index (χ2n) is 3.94. The Morgan fingerprint density at radius 3 is 2.88 bits per heavy atom. The van der Waals surface area contributed by atoms with Gasteiger partial charge in [0.25, 0.3) is 0 Å². The third-order valence-electron chi connectivity index (χ3n) is 2.98. The molecular formula is C12H16N2O3. The van der Waals surface area contributed by atoms with Crippen molar-refractivity contribution in [3.8, 4) is 5.75 Å². The van der Waals surface area contributed by atoms with Crippen molar-refractivity contribution in [3.05, 3.63) is 23.8 Å². The predicted octanol–water partition coefficient (Wildman–Crippen LogP) is 1.67. The summed E-state index contributed by atoms with van der Waals surface area (Å²) in [7, 11) is 2.98. The van der Waals surface area contributed by atoms with Crippen LogP contribution in [0.4, 0.5) is 10.5 Å². The molecule has 0 aliphatic carbocycles. The monoisotopic (exact) mass is 236 g/mol. The summed E-state index contributed by atoms with van der Waals surface area (Å²) in [6.07, 6.45) is 0.359. The number of rotatable bonds is 1. The Morgan fingerprint density at radius 2 is 2.24 bits per heavy atom. The van der Waals surface area contributed by atoms with Gasteiger partial charge in [0.15, 0.2) is 0 Å². The molecule has 1 atom stereocenters. The van der Waals surface area contributed by atoms with Gasteiger partial charge in [-0.3, -0.25) is 4.90 Å². The summed E-state index contributed by atoms with van der Waals surface area (Å²) in [6.45, 7) is 0.577. The van der Waals surface area contributed by atoms with E-state index in [0.717, 1.165) is 23.4 Å². The molecule has 1 heterocycles. The molecule has 1 aliphatic rings. The maximum absolute atomic E-state index is 11.6. The lowest BCUT2D eigenvalue weighted by atomic mass is 9.97. The number of ether oxygens (including phenoxy) is 2. The molecule has 0 bridgehead atoms. The zero-order valence-corrected chi connectivity index (χ0v) is 9.97. The Labute approximate surface area is 100 Å². The number of benzene rings is 1. The molecule has 0 saturated heterocycles. The van der Waals surface area contributed by atoms with Crippen molar-refractivity contribution in [1.82, 2.24) is 0 Å². The van der Waals surface area contributed by atoms with Gasteiger partial charge in [0, 0.05) is 12.6 Å². The van der Waals surface area contributed by atoms with Gasteiger partial charge in [-0.05, 0) is 30.2 Å². The van der Waals surface area contributed by atoms with E-state index >= 15 is 0 Å². The number of carbonyl (C=O) groups is 1. The molecule has 1 amide bonds. The lowest BCUT2D eigenvalue weighted by Crippen LogP contribution is -2.38. The van der Waals surface area contributed by atoms with Crippen LogP contribution < -0.4 is 15.4 Å². The number of carbonyl (C=O) groups excluding carboxylic acids is 1. The highest BCUT2D eigenvalue weighted by Gasteiger charge is 2.27. The molecule has 1 aromatic carbocycles. The molecule has 1 aliphatic heterocycles. The van der Waals surface area contributed by atoms with Crippen molar-refractivity contribution in [1.29, 1.82) is 0 Å². The van der Waals surface area contributed by atoms with Crippen LogP contribution >= 0.6 is 0 Å². The summed E-state index contributed by atoms with van der Waals surface area (Å²) < 4.78 is 9.91. The van der Waals surface area contributed by atoms with E-state index in [1.165, 1.54) is 7.11 Å². The van der Waals surface area contributed by atoms with Crippen molar-refractivity contribution in [2.24, 2.45) is 5.73 Å². The number of nitrogens with zero attached hydrogens (tertiary/aromatic N) is 1. The van der Waals surface area contributed by atoms with Gasteiger partial charge in [-0.15, -0.1) is 0 Å². The van der Waals surface area contributed by atoms with Crippen molar-refractivity contribution in [2.45, 2.75) is 12.5 Å². The van der Waals surface area contributed by atoms with Crippen LogP contribution in [0.15, 0.2) is 18.2 Å². The molecule has 0 aromatic heterocycles. The van der Waals surface area contributed by atoms with Crippen LogP contribution in [0.3, 0.4) is 0 Å². The Hall–Kier alpha value is -1.75. The summed E-state index contributed by atoms with van der Waals surface area (Å²) >= 11 is 0. The molecule has 17 heavy (non-hydrogen) atoms. The van der Waals surface area contributed by atoms with E-state index in [1.807, 2.05) is 18.2 Å². The Kier molecular flexibility index (Phi) is 3.19. The number of amides is 1. The highest BCUT2D eigenvalue weighted by molar-refractivity contribution is 5.89. The first-order chi connectivity index (χ1) is 8.17. The molecule has 5 heteroatoms. The number of anilines is 1. The molecular weight excluding hydrogens is 220 g/mol. The topological polar surface area (TPSA) is 64.8 Å². The summed E-state index contributed by atoms with van der Waals surface area (Å²) in [5.74, 6) is 0.742. The molecule has 2 rings (SSSR count). The largest absolute Gasteiger partial charge is 0.497 e. The van der Waals surface area contributed by atoms with E-state index in [0.29, 0.717) is 6.54 Å². The fraction of sp³-hybridized carbons (Fsp3) is 0.417. The Bertz CT molecular complexity index is 434. The van der Waals surface area contributed by atoms with E-state index < -0.39 is 0 Å². The SMILES string of the molecule is COC(=O)N1CCC(N)c2cc(OC)ccc21. The van der Waals surface area contributed by atoms with Gasteiger partial charge in [0.1, 0.15) is 5.75 Å². The van der Waals surface area contributed by atoms with E-state index in [2.05, 4.69) is 0 Å². The molecule has 5 nitrogen and oxygen atoms in total. The van der Waals surface area contributed by atoms with Crippen LogP contribution in [0.5, 0.6) is 5.75 Å². The first kappa shape index (κ1) is 11.7. The quantitative estimate of drug-likeness (QED) is 0.805. The van der Waals surface area contributed by atoms with Gasteiger partial charge in [-0.25, -0.2) is 4.79 Å². The average Bonchev–Trinajstić information content (AvgIpc) is 2.38. The third-order valence-corrected chi connectivity index (χ3v) is 2.98. The smallest absolute Gasteiger partial charge is 0.414 e. The van der Waals surface area contributed by atoms with Crippen molar-refractivity contribution in [3.63, 3.8) is 0 Å². The Morgan fingerprint density at radius 1 is 1.47 bits per heavy atom. The molecule has 92 valence electrons. The highest BCUT2D eigenvalue weighted by atomic mass is 16.5. The van der Waals surface area contributed by atoms with Gasteiger partial charge in [0.05, 0.1) is 19.9 Å². The number of nitrogens with two attached hydrogens (primary N) is 1. The number of methoxy groups -OCH3 is 2. The van der Waals surface area contributed by atoms with E-state index in [-0.39, 0.29) is 12.1 Å². The van der Waals surface area contributed by atoms with Gasteiger partial charge in [0.2, 0.25) is 0 Å². The van der Waals surface area contributed by atoms with E-state index in [9.17, 15) is 4.79 Å². The first-order valence-electron chi connectivity index (χ1n) is 5.46. The maximum Gasteiger partial charge on any atom is 0.414 e. The van der Waals surface area contributed by atoms with Crippen LogP contribution in [0.2, 0.25) is 0 Å². The fourth-order valence-electron chi connectivity index (χ4n) is 2.05. The number of hydrogen-bond donors (Lipinski definition) is 1. The second kappa shape index (κ2) is 4.63. The predicted molar refractivity (Wildman–Crippen MR) is 64.3 cm³/mol. The van der Waals surface area contributed by atoms with Gasteiger partial charge >= 0.3 is 6.09 Å². The molecule has 2 N–H and O–H groups in total. The fourth-order valence-corrected chi connectivity index (χ4v) is 2.05. The normalized spacial score (nSPS) is 18.5. The zero-order valence-electron chi connectivity index (χ0n) is 9.97. The maximum atomic E-state index is 11.6. The summed E-state index contributed by atoms with van der Waals surface area (Å²) in [5, 5.41) is 0. The highest BCUT2D eigenvalue weighted by Crippen LogP contribution is 2.35. The minimum Gasteiger partial charge on any atom is -0.497 e. The minimum absolute atomic E-state index is 0.0685. The lowest BCUT2D eigenvalue weighted by molar-refractivity contribution is 0.178. The van der Waals surface area contributed by atoms with E-state index in [4.69, 9.17) is 15.2 Å². The van der Waals surface area contributed by atoms with Gasteiger partial charge in [-0.1, -0.05) is 0 Å². The molecule has 1 unspecified atom stereocenters. The minimum atomic E-state index is -0.358. The lowest BCUT2D eigenvalue weighted by Gasteiger charge is -2.31. The molecule has 0 radical (unpaired) electrons. The number of hydrogen-bond acceptors (Lipinski definition) is 4. The second-order valence-corrected chi connectivity index (χ2v) is 3.94. The van der Waals surface area contributed by atoms with Crippen LogP contribution in [0.25, 0.3) is 0 Å².